The molecule has 0 aliphatic carbocycles. The summed E-state index contributed by atoms with van der Waals surface area (Å²) in [6.45, 7) is 5.41. The quantitative estimate of drug-likeness (QED) is 0.239. The number of piperidine rings is 1. The van der Waals surface area contributed by atoms with Crippen molar-refractivity contribution in [3.63, 3.8) is 0 Å². The third kappa shape index (κ3) is 19.6. The van der Waals surface area contributed by atoms with Crippen LogP contribution in [0.2, 0.25) is 0 Å². The molecule has 1 unspecified atom stereocenters. The standard InChI is InChI=1S/C18H26N2O2.C12H22N2O2.C6H12N2O2/c19-17(21)15-9-11-16(12-10-15)18(22)20-13-7-5-3-1-2-4-6-8-14-20;1-10(6-5-7-11(13)15)12(16)14-8-3-2-4-9-14;7-5(9)3-1-2-4-6(8)10/h9-12H,1-8,13-14H2,(H2,19,21);10H,2-9H2,1H3,(H2,13,15);1-4H2,(H2,7,9)(H2,8,10). The minimum absolute atomic E-state index is 0.0254. The average molecular weight is 673 g/mol. The summed E-state index contributed by atoms with van der Waals surface area (Å²) in [4.78, 5) is 70.5. The van der Waals surface area contributed by atoms with Crippen molar-refractivity contribution >= 4 is 35.4 Å². The predicted octanol–water partition coefficient (Wildman–Crippen LogP) is 4.17. The van der Waals surface area contributed by atoms with Crippen LogP contribution in [0.5, 0.6) is 0 Å². The van der Waals surface area contributed by atoms with Crippen molar-refractivity contribution in [3.05, 3.63) is 35.4 Å². The molecule has 1 atom stereocenters. The Morgan fingerprint density at radius 2 is 0.896 bits per heavy atom. The van der Waals surface area contributed by atoms with Crippen LogP contribution in [0.3, 0.4) is 0 Å². The Bertz CT molecular complexity index is 1110. The molecule has 8 N–H and O–H groups in total. The monoisotopic (exact) mass is 672 g/mol. The highest BCUT2D eigenvalue weighted by atomic mass is 16.2. The number of nitrogens with zero attached hydrogens (tertiary/aromatic N) is 2. The lowest BCUT2D eigenvalue weighted by Crippen LogP contribution is -2.38. The molecular formula is C36H60N6O6. The smallest absolute Gasteiger partial charge is 0.253 e. The van der Waals surface area contributed by atoms with Crippen molar-refractivity contribution in [2.24, 2.45) is 28.9 Å². The van der Waals surface area contributed by atoms with Gasteiger partial charge in [-0.3, -0.25) is 28.8 Å². The van der Waals surface area contributed by atoms with E-state index in [0.29, 0.717) is 43.2 Å². The van der Waals surface area contributed by atoms with Gasteiger partial charge in [0.05, 0.1) is 0 Å². The van der Waals surface area contributed by atoms with Gasteiger partial charge < -0.3 is 32.7 Å². The van der Waals surface area contributed by atoms with E-state index in [0.717, 1.165) is 64.7 Å². The first-order chi connectivity index (χ1) is 22.9. The molecule has 0 bridgehead atoms. The molecule has 3 rings (SSSR count). The van der Waals surface area contributed by atoms with Gasteiger partial charge in [-0.2, -0.15) is 0 Å². The zero-order chi connectivity index (χ0) is 35.7. The number of carbonyl (C=O) groups is 6. The average Bonchev–Trinajstić information content (AvgIpc) is 3.13. The fourth-order valence-corrected chi connectivity index (χ4v) is 5.67. The van der Waals surface area contributed by atoms with Crippen LogP contribution in [-0.2, 0) is 19.2 Å². The summed E-state index contributed by atoms with van der Waals surface area (Å²) >= 11 is 0. The summed E-state index contributed by atoms with van der Waals surface area (Å²) in [5.41, 5.74) is 21.1. The van der Waals surface area contributed by atoms with E-state index in [1.54, 1.807) is 24.3 Å². The number of unbranched alkanes of at least 4 members (excludes halogenated alkanes) is 1. The van der Waals surface area contributed by atoms with E-state index in [-0.39, 0.29) is 35.5 Å². The second kappa shape index (κ2) is 25.1. The lowest BCUT2D eigenvalue weighted by Gasteiger charge is -2.29. The molecule has 2 aliphatic rings. The Labute approximate surface area is 286 Å². The second-order valence-corrected chi connectivity index (χ2v) is 12.8. The molecule has 270 valence electrons. The first kappa shape index (κ1) is 42.1. The summed E-state index contributed by atoms with van der Waals surface area (Å²) in [5, 5.41) is 0. The van der Waals surface area contributed by atoms with Crippen LogP contribution in [0.1, 0.15) is 143 Å². The highest BCUT2D eigenvalue weighted by Crippen LogP contribution is 2.17. The summed E-state index contributed by atoms with van der Waals surface area (Å²) in [6.07, 6.45) is 17.1. The molecule has 1 aromatic rings. The maximum atomic E-state index is 12.6. The second-order valence-electron chi connectivity index (χ2n) is 12.8. The summed E-state index contributed by atoms with van der Waals surface area (Å²) < 4.78 is 0. The Morgan fingerprint density at radius 1 is 0.542 bits per heavy atom. The number of hydrogen-bond donors (Lipinski definition) is 4. The SMILES string of the molecule is CC(CCCC(N)=O)C(=O)N1CCCCC1.NC(=O)CCCCC(N)=O.NC(=O)c1ccc(C(=O)N2CCCCCCCCCC2)cc1. The number of rotatable bonds is 12. The Balaban J connectivity index is 0.000000389. The minimum atomic E-state index is -0.464. The Morgan fingerprint density at radius 3 is 1.31 bits per heavy atom. The van der Waals surface area contributed by atoms with E-state index < -0.39 is 5.91 Å². The molecule has 6 amide bonds. The molecule has 1 aromatic carbocycles. The van der Waals surface area contributed by atoms with Crippen molar-refractivity contribution in [2.45, 2.75) is 122 Å². The number of likely N-dealkylation sites (tertiary alicyclic amines) is 1. The van der Waals surface area contributed by atoms with Gasteiger partial charge in [0.15, 0.2) is 0 Å². The summed E-state index contributed by atoms with van der Waals surface area (Å²) in [6, 6.07) is 6.66. The molecule has 2 heterocycles. The first-order valence-corrected chi connectivity index (χ1v) is 17.7. The van der Waals surface area contributed by atoms with Crippen molar-refractivity contribution in [2.75, 3.05) is 26.2 Å². The van der Waals surface area contributed by atoms with Crippen LogP contribution in [0.4, 0.5) is 0 Å². The van der Waals surface area contributed by atoms with E-state index in [1.165, 1.54) is 44.9 Å². The van der Waals surface area contributed by atoms with Crippen molar-refractivity contribution < 1.29 is 28.8 Å². The van der Waals surface area contributed by atoms with Crippen LogP contribution >= 0.6 is 0 Å². The number of hydrogen-bond acceptors (Lipinski definition) is 6. The fourth-order valence-electron chi connectivity index (χ4n) is 5.67. The highest BCUT2D eigenvalue weighted by molar-refractivity contribution is 5.97. The van der Waals surface area contributed by atoms with Crippen LogP contribution in [-0.4, -0.2) is 71.4 Å². The van der Waals surface area contributed by atoms with E-state index >= 15 is 0 Å². The normalized spacial score (nSPS) is 16.0. The number of primary amides is 4. The minimum Gasteiger partial charge on any atom is -0.370 e. The molecule has 0 aromatic heterocycles. The van der Waals surface area contributed by atoms with Gasteiger partial charge in [-0.05, 0) is 82.1 Å². The Hall–Kier alpha value is -3.96. The van der Waals surface area contributed by atoms with E-state index in [4.69, 9.17) is 22.9 Å². The largest absolute Gasteiger partial charge is 0.370 e. The van der Waals surface area contributed by atoms with Gasteiger partial charge >= 0.3 is 0 Å². The predicted molar refractivity (Wildman–Crippen MR) is 187 cm³/mol. The molecular weight excluding hydrogens is 612 g/mol. The lowest BCUT2D eigenvalue weighted by molar-refractivity contribution is -0.136. The third-order valence-corrected chi connectivity index (χ3v) is 8.56. The molecule has 2 aliphatic heterocycles. The van der Waals surface area contributed by atoms with Crippen LogP contribution in [0, 0.1) is 5.92 Å². The van der Waals surface area contributed by atoms with E-state index in [2.05, 4.69) is 0 Å². The zero-order valence-electron chi connectivity index (χ0n) is 29.1. The zero-order valence-corrected chi connectivity index (χ0v) is 29.1. The molecule has 2 saturated heterocycles. The van der Waals surface area contributed by atoms with Crippen LogP contribution in [0.25, 0.3) is 0 Å². The third-order valence-electron chi connectivity index (χ3n) is 8.56. The summed E-state index contributed by atoms with van der Waals surface area (Å²) in [7, 11) is 0. The number of amides is 6. The Kier molecular flexibility index (Phi) is 22.0. The highest BCUT2D eigenvalue weighted by Gasteiger charge is 2.21. The van der Waals surface area contributed by atoms with Gasteiger partial charge in [0.25, 0.3) is 5.91 Å². The van der Waals surface area contributed by atoms with Gasteiger partial charge in [0.1, 0.15) is 0 Å². The molecule has 0 radical (unpaired) electrons. The molecule has 48 heavy (non-hydrogen) atoms. The molecule has 2 fully saturated rings. The molecule has 12 nitrogen and oxygen atoms in total. The number of nitrogens with two attached hydrogens (primary N) is 4. The number of carbonyl (C=O) groups excluding carboxylic acids is 6. The van der Waals surface area contributed by atoms with Gasteiger partial charge in [0, 0.05) is 62.5 Å². The fraction of sp³-hybridized carbons (Fsp3) is 0.667. The van der Waals surface area contributed by atoms with Crippen LogP contribution < -0.4 is 22.9 Å². The number of benzene rings is 1. The first-order valence-electron chi connectivity index (χ1n) is 17.7. The maximum absolute atomic E-state index is 12.6. The van der Waals surface area contributed by atoms with Crippen molar-refractivity contribution in [1.82, 2.24) is 9.80 Å². The molecule has 0 spiro atoms. The van der Waals surface area contributed by atoms with Crippen LogP contribution in [0.15, 0.2) is 24.3 Å². The summed E-state index contributed by atoms with van der Waals surface area (Å²) in [5.74, 6) is -1.07. The maximum Gasteiger partial charge on any atom is 0.253 e. The van der Waals surface area contributed by atoms with Gasteiger partial charge in [0.2, 0.25) is 29.5 Å². The van der Waals surface area contributed by atoms with Crippen molar-refractivity contribution in [3.8, 4) is 0 Å². The van der Waals surface area contributed by atoms with Gasteiger partial charge in [-0.1, -0.05) is 45.4 Å². The van der Waals surface area contributed by atoms with Crippen molar-refractivity contribution in [1.29, 1.82) is 0 Å². The molecule has 0 saturated carbocycles. The van der Waals surface area contributed by atoms with E-state index in [9.17, 15) is 28.8 Å². The molecule has 12 heteroatoms. The lowest BCUT2D eigenvalue weighted by atomic mass is 10.0. The van der Waals surface area contributed by atoms with E-state index in [1.807, 2.05) is 16.7 Å². The van der Waals surface area contributed by atoms with Gasteiger partial charge in [-0.25, -0.2) is 0 Å². The topological polar surface area (TPSA) is 213 Å². The van der Waals surface area contributed by atoms with Gasteiger partial charge in [-0.15, -0.1) is 0 Å².